The third kappa shape index (κ3) is 4.44. The van der Waals surface area contributed by atoms with Gasteiger partial charge in [-0.1, -0.05) is 12.1 Å². The van der Waals surface area contributed by atoms with Gasteiger partial charge in [0.05, 0.1) is 23.2 Å². The molecule has 0 saturated heterocycles. The molecule has 6 nitrogen and oxygen atoms in total. The number of rotatable bonds is 6. The maximum absolute atomic E-state index is 13.1. The molecule has 0 unspecified atom stereocenters. The lowest BCUT2D eigenvalue weighted by molar-refractivity contribution is 0.0469. The van der Waals surface area contributed by atoms with E-state index in [1.54, 1.807) is 47.8 Å². The van der Waals surface area contributed by atoms with Crippen molar-refractivity contribution in [2.75, 3.05) is 5.32 Å². The van der Waals surface area contributed by atoms with Crippen LogP contribution in [0.1, 0.15) is 26.6 Å². The molecule has 2 aromatic carbocycles. The van der Waals surface area contributed by atoms with Crippen molar-refractivity contribution in [3.63, 3.8) is 0 Å². The van der Waals surface area contributed by atoms with Crippen molar-refractivity contribution >= 4 is 28.9 Å². The van der Waals surface area contributed by atoms with E-state index in [0.29, 0.717) is 16.4 Å². The maximum atomic E-state index is 13.1. The van der Waals surface area contributed by atoms with Gasteiger partial charge in [0.15, 0.2) is 5.76 Å². The van der Waals surface area contributed by atoms with Crippen LogP contribution in [0.15, 0.2) is 76.7 Å². The Balaban J connectivity index is 1.42. The number of benzene rings is 2. The highest BCUT2D eigenvalue weighted by molar-refractivity contribution is 7.13. The standard InChI is InChI=1S/C22H15FN2O4S/c23-15-9-7-14(8-10-15)21-24-16(13-30-21)12-29-22(27)17-4-1-2-5-18(17)25-20(26)19-6-3-11-28-19/h1-11,13H,12H2,(H,25,26). The Kier molecular flexibility index (Phi) is 5.67. The molecule has 0 radical (unpaired) electrons. The molecular formula is C22H15FN2O4S. The molecule has 2 heterocycles. The number of hydrogen-bond acceptors (Lipinski definition) is 6. The second-order valence-electron chi connectivity index (χ2n) is 6.20. The molecule has 8 heteroatoms. The molecule has 4 rings (SSSR count). The first-order valence-corrected chi connectivity index (χ1v) is 9.79. The Hall–Kier alpha value is -3.78. The van der Waals surface area contributed by atoms with Gasteiger partial charge in [-0.3, -0.25) is 4.79 Å². The number of furan rings is 1. The molecule has 0 bridgehead atoms. The number of anilines is 1. The first-order chi connectivity index (χ1) is 14.6. The largest absolute Gasteiger partial charge is 0.459 e. The minimum Gasteiger partial charge on any atom is -0.459 e. The minimum absolute atomic E-state index is 0.0308. The number of nitrogens with one attached hydrogen (secondary N) is 1. The van der Waals surface area contributed by atoms with E-state index in [0.717, 1.165) is 5.56 Å². The SMILES string of the molecule is O=C(Nc1ccccc1C(=O)OCc1csc(-c2ccc(F)cc2)n1)c1ccco1. The molecule has 0 atom stereocenters. The van der Waals surface area contributed by atoms with Crippen molar-refractivity contribution in [3.8, 4) is 10.6 Å². The number of amides is 1. The molecular weight excluding hydrogens is 407 g/mol. The van der Waals surface area contributed by atoms with Gasteiger partial charge in [-0.2, -0.15) is 0 Å². The van der Waals surface area contributed by atoms with E-state index in [9.17, 15) is 14.0 Å². The normalized spacial score (nSPS) is 10.6. The lowest BCUT2D eigenvalue weighted by Gasteiger charge is -2.09. The van der Waals surface area contributed by atoms with Gasteiger partial charge in [-0.25, -0.2) is 14.2 Å². The average molecular weight is 422 g/mol. The molecule has 150 valence electrons. The third-order valence-electron chi connectivity index (χ3n) is 4.13. The van der Waals surface area contributed by atoms with E-state index in [2.05, 4.69) is 10.3 Å². The van der Waals surface area contributed by atoms with Crippen LogP contribution in [0.25, 0.3) is 10.6 Å². The minimum atomic E-state index is -0.596. The number of carbonyl (C=O) groups excluding carboxylic acids is 2. The van der Waals surface area contributed by atoms with Crippen molar-refractivity contribution in [3.05, 3.63) is 95.1 Å². The van der Waals surface area contributed by atoms with Crippen LogP contribution in [0, 0.1) is 5.82 Å². The molecule has 0 aliphatic rings. The Morgan fingerprint density at radius 2 is 1.87 bits per heavy atom. The van der Waals surface area contributed by atoms with Gasteiger partial charge in [0.25, 0.3) is 5.91 Å². The van der Waals surface area contributed by atoms with E-state index in [4.69, 9.17) is 9.15 Å². The number of hydrogen-bond donors (Lipinski definition) is 1. The second-order valence-corrected chi connectivity index (χ2v) is 7.06. The Bertz CT molecular complexity index is 1170. The fourth-order valence-corrected chi connectivity index (χ4v) is 3.49. The molecule has 2 aromatic heterocycles. The van der Waals surface area contributed by atoms with Crippen molar-refractivity contribution in [2.24, 2.45) is 0 Å². The molecule has 0 spiro atoms. The van der Waals surface area contributed by atoms with Crippen LogP contribution in [0.2, 0.25) is 0 Å². The summed E-state index contributed by atoms with van der Waals surface area (Å²) in [7, 11) is 0. The number of para-hydroxylation sites is 1. The predicted octanol–water partition coefficient (Wildman–Crippen LogP) is 5.15. The van der Waals surface area contributed by atoms with Gasteiger partial charge >= 0.3 is 5.97 Å². The first-order valence-electron chi connectivity index (χ1n) is 8.91. The Morgan fingerprint density at radius 1 is 1.07 bits per heavy atom. The first kappa shape index (κ1) is 19.5. The van der Waals surface area contributed by atoms with Crippen LogP contribution in [0.4, 0.5) is 10.1 Å². The summed E-state index contributed by atoms with van der Waals surface area (Å²) in [6.07, 6.45) is 1.39. The number of carbonyl (C=O) groups is 2. The second kappa shape index (κ2) is 8.71. The quantitative estimate of drug-likeness (QED) is 0.435. The van der Waals surface area contributed by atoms with E-state index < -0.39 is 11.9 Å². The number of thiazole rings is 1. The van der Waals surface area contributed by atoms with Crippen LogP contribution in [-0.2, 0) is 11.3 Å². The highest BCUT2D eigenvalue weighted by atomic mass is 32.1. The van der Waals surface area contributed by atoms with Crippen LogP contribution < -0.4 is 5.32 Å². The zero-order valence-electron chi connectivity index (χ0n) is 15.5. The van der Waals surface area contributed by atoms with Gasteiger partial charge in [-0.15, -0.1) is 11.3 Å². The lowest BCUT2D eigenvalue weighted by atomic mass is 10.1. The Morgan fingerprint density at radius 3 is 2.63 bits per heavy atom. The fourth-order valence-electron chi connectivity index (χ4n) is 2.68. The summed E-state index contributed by atoms with van der Waals surface area (Å²) in [5.74, 6) is -1.25. The van der Waals surface area contributed by atoms with Crippen LogP contribution in [0.5, 0.6) is 0 Å². The van der Waals surface area contributed by atoms with Gasteiger partial charge in [0, 0.05) is 10.9 Å². The highest BCUT2D eigenvalue weighted by Gasteiger charge is 2.17. The smallest absolute Gasteiger partial charge is 0.340 e. The van der Waals surface area contributed by atoms with Crippen LogP contribution in [-0.4, -0.2) is 16.9 Å². The molecule has 0 fully saturated rings. The fraction of sp³-hybridized carbons (Fsp3) is 0.0455. The number of ether oxygens (including phenoxy) is 1. The van der Waals surface area contributed by atoms with Gasteiger partial charge < -0.3 is 14.5 Å². The molecule has 0 saturated carbocycles. The molecule has 0 aliphatic carbocycles. The molecule has 4 aromatic rings. The van der Waals surface area contributed by atoms with Crippen molar-refractivity contribution in [1.82, 2.24) is 4.98 Å². The van der Waals surface area contributed by atoms with E-state index >= 15 is 0 Å². The number of halogens is 1. The Labute approximate surface area is 175 Å². The van der Waals surface area contributed by atoms with Crippen LogP contribution >= 0.6 is 11.3 Å². The summed E-state index contributed by atoms with van der Waals surface area (Å²) in [4.78, 5) is 29.2. The molecule has 1 amide bonds. The van der Waals surface area contributed by atoms with E-state index in [-0.39, 0.29) is 23.7 Å². The van der Waals surface area contributed by atoms with Gasteiger partial charge in [0.2, 0.25) is 0 Å². The summed E-state index contributed by atoms with van der Waals surface area (Å²) < 4.78 is 23.5. The van der Waals surface area contributed by atoms with E-state index in [1.807, 2.05) is 0 Å². The predicted molar refractivity (Wildman–Crippen MR) is 110 cm³/mol. The zero-order valence-corrected chi connectivity index (χ0v) is 16.3. The number of aromatic nitrogens is 1. The topological polar surface area (TPSA) is 81.4 Å². The van der Waals surface area contributed by atoms with Crippen molar-refractivity contribution in [1.29, 1.82) is 0 Å². The monoisotopic (exact) mass is 422 g/mol. The summed E-state index contributed by atoms with van der Waals surface area (Å²) >= 11 is 1.37. The zero-order chi connectivity index (χ0) is 20.9. The lowest BCUT2D eigenvalue weighted by Crippen LogP contribution is -2.15. The van der Waals surface area contributed by atoms with E-state index in [1.165, 1.54) is 35.8 Å². The third-order valence-corrected chi connectivity index (χ3v) is 5.07. The van der Waals surface area contributed by atoms with Crippen LogP contribution in [0.3, 0.4) is 0 Å². The molecule has 1 N–H and O–H groups in total. The number of nitrogens with zero attached hydrogens (tertiary/aromatic N) is 1. The average Bonchev–Trinajstić information content (AvgIpc) is 3.45. The number of esters is 1. The highest BCUT2D eigenvalue weighted by Crippen LogP contribution is 2.25. The molecule has 0 aliphatic heterocycles. The summed E-state index contributed by atoms with van der Waals surface area (Å²) in [5, 5.41) is 5.12. The summed E-state index contributed by atoms with van der Waals surface area (Å²) in [6.45, 7) is -0.0308. The summed E-state index contributed by atoms with van der Waals surface area (Å²) in [5.41, 5.74) is 1.88. The summed E-state index contributed by atoms with van der Waals surface area (Å²) in [6, 6.07) is 15.7. The van der Waals surface area contributed by atoms with Crippen molar-refractivity contribution in [2.45, 2.75) is 6.61 Å². The van der Waals surface area contributed by atoms with Gasteiger partial charge in [0.1, 0.15) is 17.4 Å². The maximum Gasteiger partial charge on any atom is 0.340 e. The van der Waals surface area contributed by atoms with Crippen molar-refractivity contribution < 1.29 is 23.1 Å². The molecule has 30 heavy (non-hydrogen) atoms. The van der Waals surface area contributed by atoms with Gasteiger partial charge in [-0.05, 0) is 48.5 Å².